The molecule has 4 heteroatoms. The Balaban J connectivity index is 2.80. The molecule has 0 saturated carbocycles. The van der Waals surface area contributed by atoms with Crippen LogP contribution in [0.3, 0.4) is 0 Å². The average molecular weight is 313 g/mol. The molecule has 1 heterocycles. The van der Waals surface area contributed by atoms with Crippen LogP contribution in [0.1, 0.15) is 50.4 Å². The van der Waals surface area contributed by atoms with Gasteiger partial charge in [0.1, 0.15) is 4.60 Å². The summed E-state index contributed by atoms with van der Waals surface area (Å²) in [7, 11) is 0. The molecule has 1 amide bonds. The number of pyridine rings is 1. The molecule has 18 heavy (non-hydrogen) atoms. The lowest BCUT2D eigenvalue weighted by Gasteiger charge is -2.27. The second kappa shape index (κ2) is 7.52. The number of carbonyl (C=O) groups excluding carboxylic acids is 1. The maximum absolute atomic E-state index is 12.5. The number of hydrogen-bond acceptors (Lipinski definition) is 2. The fourth-order valence-electron chi connectivity index (χ4n) is 1.83. The van der Waals surface area contributed by atoms with Gasteiger partial charge in [0.15, 0.2) is 0 Å². The molecule has 0 aliphatic rings. The third kappa shape index (κ3) is 4.09. The van der Waals surface area contributed by atoms with E-state index in [-0.39, 0.29) is 11.9 Å². The number of rotatable bonds is 6. The first-order valence-electron chi connectivity index (χ1n) is 6.49. The molecule has 0 saturated heterocycles. The molecule has 0 bridgehead atoms. The van der Waals surface area contributed by atoms with E-state index in [9.17, 15) is 4.79 Å². The van der Waals surface area contributed by atoms with Crippen molar-refractivity contribution in [3.63, 3.8) is 0 Å². The highest BCUT2D eigenvalue weighted by Gasteiger charge is 2.20. The van der Waals surface area contributed by atoms with E-state index < -0.39 is 0 Å². The maximum Gasteiger partial charge on any atom is 0.256 e. The van der Waals surface area contributed by atoms with Gasteiger partial charge in [-0.25, -0.2) is 4.98 Å². The van der Waals surface area contributed by atoms with Crippen LogP contribution in [0, 0.1) is 0 Å². The van der Waals surface area contributed by atoms with Crippen LogP contribution in [-0.4, -0.2) is 28.4 Å². The minimum atomic E-state index is 0.0566. The summed E-state index contributed by atoms with van der Waals surface area (Å²) in [5, 5.41) is 0. The van der Waals surface area contributed by atoms with Crippen LogP contribution in [0.25, 0.3) is 0 Å². The Morgan fingerprint density at radius 2 is 2.17 bits per heavy atom. The average Bonchev–Trinajstić information content (AvgIpc) is 2.34. The van der Waals surface area contributed by atoms with Crippen molar-refractivity contribution in [2.45, 2.75) is 46.1 Å². The Labute approximate surface area is 118 Å². The number of aromatic nitrogens is 1. The molecule has 0 unspecified atom stereocenters. The molecule has 0 spiro atoms. The maximum atomic E-state index is 12.5. The standard InChI is InChI=1S/C14H21BrN2O/c1-4-5-6-10-17(11(2)3)14(18)12-8-7-9-16-13(12)15/h7-9,11H,4-6,10H2,1-3H3. The molecule has 0 fully saturated rings. The van der Waals surface area contributed by atoms with Gasteiger partial charge in [-0.05, 0) is 48.3 Å². The molecule has 1 aromatic rings. The third-order valence-electron chi connectivity index (χ3n) is 2.88. The van der Waals surface area contributed by atoms with E-state index in [1.54, 1.807) is 12.3 Å². The van der Waals surface area contributed by atoms with E-state index >= 15 is 0 Å². The zero-order valence-electron chi connectivity index (χ0n) is 11.3. The van der Waals surface area contributed by atoms with Crippen molar-refractivity contribution in [2.75, 3.05) is 6.54 Å². The first-order chi connectivity index (χ1) is 8.57. The van der Waals surface area contributed by atoms with Crippen molar-refractivity contribution >= 4 is 21.8 Å². The van der Waals surface area contributed by atoms with Crippen molar-refractivity contribution in [2.24, 2.45) is 0 Å². The number of amides is 1. The topological polar surface area (TPSA) is 33.2 Å². The molecule has 3 nitrogen and oxygen atoms in total. The number of nitrogens with zero attached hydrogens (tertiary/aromatic N) is 2. The Hall–Kier alpha value is -0.900. The van der Waals surface area contributed by atoms with Gasteiger partial charge in [0, 0.05) is 18.8 Å². The Morgan fingerprint density at radius 3 is 2.72 bits per heavy atom. The van der Waals surface area contributed by atoms with Crippen LogP contribution < -0.4 is 0 Å². The lowest BCUT2D eigenvalue weighted by Crippen LogP contribution is -2.38. The molecule has 0 radical (unpaired) electrons. The Morgan fingerprint density at radius 1 is 1.44 bits per heavy atom. The van der Waals surface area contributed by atoms with E-state index in [2.05, 4.69) is 27.8 Å². The highest BCUT2D eigenvalue weighted by molar-refractivity contribution is 9.10. The summed E-state index contributed by atoms with van der Waals surface area (Å²) < 4.78 is 0.621. The van der Waals surface area contributed by atoms with Crippen LogP contribution in [0.4, 0.5) is 0 Å². The molecule has 0 aliphatic heterocycles. The van der Waals surface area contributed by atoms with Crippen LogP contribution >= 0.6 is 15.9 Å². The largest absolute Gasteiger partial charge is 0.336 e. The third-order valence-corrected chi connectivity index (χ3v) is 3.51. The molecule has 0 aliphatic carbocycles. The Kier molecular flexibility index (Phi) is 6.33. The smallest absolute Gasteiger partial charge is 0.256 e. The molecule has 1 aromatic heterocycles. The van der Waals surface area contributed by atoms with Gasteiger partial charge in [0.05, 0.1) is 5.56 Å². The number of carbonyl (C=O) groups is 1. The molecule has 1 rings (SSSR count). The summed E-state index contributed by atoms with van der Waals surface area (Å²) in [4.78, 5) is 18.5. The summed E-state index contributed by atoms with van der Waals surface area (Å²) in [5.41, 5.74) is 0.641. The van der Waals surface area contributed by atoms with Crippen molar-refractivity contribution in [1.29, 1.82) is 0 Å². The highest BCUT2D eigenvalue weighted by atomic mass is 79.9. The quantitative estimate of drug-likeness (QED) is 0.590. The molecule has 0 aromatic carbocycles. The summed E-state index contributed by atoms with van der Waals surface area (Å²) >= 11 is 3.34. The summed E-state index contributed by atoms with van der Waals surface area (Å²) in [5.74, 6) is 0.0566. The fraction of sp³-hybridized carbons (Fsp3) is 0.571. The highest BCUT2D eigenvalue weighted by Crippen LogP contribution is 2.17. The monoisotopic (exact) mass is 312 g/mol. The molecular formula is C14H21BrN2O. The van der Waals surface area contributed by atoms with Gasteiger partial charge >= 0.3 is 0 Å². The summed E-state index contributed by atoms with van der Waals surface area (Å²) in [6, 6.07) is 3.82. The number of hydrogen-bond donors (Lipinski definition) is 0. The SMILES string of the molecule is CCCCCN(C(=O)c1cccnc1Br)C(C)C. The summed E-state index contributed by atoms with van der Waals surface area (Å²) in [6.45, 7) is 7.08. The zero-order chi connectivity index (χ0) is 13.5. The van der Waals surface area contributed by atoms with Gasteiger partial charge < -0.3 is 4.90 Å². The van der Waals surface area contributed by atoms with Gasteiger partial charge in [0.25, 0.3) is 5.91 Å². The minimum Gasteiger partial charge on any atom is -0.336 e. The number of halogens is 1. The van der Waals surface area contributed by atoms with Crippen LogP contribution in [0.5, 0.6) is 0 Å². The fourth-order valence-corrected chi connectivity index (χ4v) is 2.25. The molecular weight excluding hydrogens is 292 g/mol. The van der Waals surface area contributed by atoms with E-state index in [1.165, 1.54) is 0 Å². The normalized spacial score (nSPS) is 10.7. The van der Waals surface area contributed by atoms with Crippen molar-refractivity contribution in [3.8, 4) is 0 Å². The van der Waals surface area contributed by atoms with Crippen LogP contribution in [0.15, 0.2) is 22.9 Å². The van der Waals surface area contributed by atoms with Gasteiger partial charge in [-0.2, -0.15) is 0 Å². The van der Waals surface area contributed by atoms with Gasteiger partial charge in [-0.15, -0.1) is 0 Å². The number of unbranched alkanes of at least 4 members (excludes halogenated alkanes) is 2. The van der Waals surface area contributed by atoms with Gasteiger partial charge in [0.2, 0.25) is 0 Å². The predicted molar refractivity (Wildman–Crippen MR) is 77.6 cm³/mol. The predicted octanol–water partition coefficient (Wildman–Crippen LogP) is 3.88. The van der Waals surface area contributed by atoms with E-state index in [0.717, 1.165) is 25.8 Å². The first-order valence-corrected chi connectivity index (χ1v) is 7.28. The van der Waals surface area contributed by atoms with E-state index in [0.29, 0.717) is 10.2 Å². The van der Waals surface area contributed by atoms with Crippen molar-refractivity contribution in [3.05, 3.63) is 28.5 Å². The van der Waals surface area contributed by atoms with Gasteiger partial charge in [-0.1, -0.05) is 19.8 Å². The lowest BCUT2D eigenvalue weighted by molar-refractivity contribution is 0.0701. The molecule has 0 atom stereocenters. The zero-order valence-corrected chi connectivity index (χ0v) is 12.9. The van der Waals surface area contributed by atoms with Crippen LogP contribution in [0.2, 0.25) is 0 Å². The van der Waals surface area contributed by atoms with Gasteiger partial charge in [-0.3, -0.25) is 4.79 Å². The van der Waals surface area contributed by atoms with E-state index in [4.69, 9.17) is 0 Å². The Bertz CT molecular complexity index is 393. The second-order valence-electron chi connectivity index (χ2n) is 4.64. The van der Waals surface area contributed by atoms with Crippen LogP contribution in [-0.2, 0) is 0 Å². The van der Waals surface area contributed by atoms with Crippen molar-refractivity contribution < 1.29 is 4.79 Å². The molecule has 100 valence electrons. The second-order valence-corrected chi connectivity index (χ2v) is 5.39. The van der Waals surface area contributed by atoms with Crippen molar-refractivity contribution in [1.82, 2.24) is 9.88 Å². The molecule has 0 N–H and O–H groups in total. The summed E-state index contributed by atoms with van der Waals surface area (Å²) in [6.07, 6.45) is 5.05. The lowest BCUT2D eigenvalue weighted by atomic mass is 10.2. The minimum absolute atomic E-state index is 0.0566. The van der Waals surface area contributed by atoms with E-state index in [1.807, 2.05) is 24.8 Å². The first kappa shape index (κ1) is 15.2.